The van der Waals surface area contributed by atoms with Crippen LogP contribution in [0.1, 0.15) is 40.1 Å². The van der Waals surface area contributed by atoms with Gasteiger partial charge in [-0.1, -0.05) is 6.42 Å². The predicted molar refractivity (Wildman–Crippen MR) is 113 cm³/mol. The third kappa shape index (κ3) is 3.48. The highest BCUT2D eigenvalue weighted by Gasteiger charge is 2.26. The Kier molecular flexibility index (Phi) is 4.91. The average Bonchev–Trinajstić information content (AvgIpc) is 2.95. The molecule has 0 spiro atoms. The molecule has 1 aromatic carbocycles. The number of halogens is 1. The molecule has 5 nitrogen and oxygen atoms in total. The molecule has 1 saturated heterocycles. The van der Waals surface area contributed by atoms with Crippen molar-refractivity contribution >= 4 is 33.3 Å². The van der Waals surface area contributed by atoms with Gasteiger partial charge in [-0.3, -0.25) is 4.79 Å². The lowest BCUT2D eigenvalue weighted by molar-refractivity contribution is 0.0746. The van der Waals surface area contributed by atoms with Gasteiger partial charge in [0.15, 0.2) is 0 Å². The molecule has 1 aliphatic heterocycles. The summed E-state index contributed by atoms with van der Waals surface area (Å²) in [5.41, 5.74) is 1.98. The molecule has 29 heavy (non-hydrogen) atoms. The number of hydrogen-bond acceptors (Lipinski definition) is 5. The monoisotopic (exact) mass is 410 g/mol. The van der Waals surface area contributed by atoms with Gasteiger partial charge in [0.05, 0.1) is 5.39 Å². The van der Waals surface area contributed by atoms with E-state index >= 15 is 0 Å². The fourth-order valence-electron chi connectivity index (χ4n) is 4.39. The fourth-order valence-corrected chi connectivity index (χ4v) is 5.61. The summed E-state index contributed by atoms with van der Waals surface area (Å²) in [4.78, 5) is 28.6. The van der Waals surface area contributed by atoms with Crippen molar-refractivity contribution in [3.63, 3.8) is 0 Å². The van der Waals surface area contributed by atoms with Crippen molar-refractivity contribution in [3.8, 4) is 0 Å². The number of rotatable bonds is 2. The summed E-state index contributed by atoms with van der Waals surface area (Å²) in [5, 5.41) is 1.23. The number of anilines is 1. The van der Waals surface area contributed by atoms with Crippen molar-refractivity contribution in [2.75, 3.05) is 31.1 Å². The van der Waals surface area contributed by atoms with Crippen molar-refractivity contribution in [2.45, 2.75) is 32.1 Å². The van der Waals surface area contributed by atoms with Crippen LogP contribution in [0, 0.1) is 5.82 Å². The second-order valence-electron chi connectivity index (χ2n) is 7.73. The first-order valence-corrected chi connectivity index (χ1v) is 11.1. The number of benzene rings is 1. The van der Waals surface area contributed by atoms with Gasteiger partial charge < -0.3 is 9.80 Å². The summed E-state index contributed by atoms with van der Waals surface area (Å²) in [6.45, 7) is 2.75. The molecule has 2 aliphatic rings. The third-order valence-corrected chi connectivity index (χ3v) is 7.14. The summed E-state index contributed by atoms with van der Waals surface area (Å²) in [6.07, 6.45) is 7.70. The Morgan fingerprint density at radius 1 is 0.966 bits per heavy atom. The Morgan fingerprint density at radius 2 is 1.72 bits per heavy atom. The molecule has 1 fully saturated rings. The molecular formula is C22H23FN4OS. The van der Waals surface area contributed by atoms with Gasteiger partial charge in [-0.05, 0) is 55.5 Å². The molecule has 0 N–H and O–H groups in total. The molecule has 3 heterocycles. The maximum atomic E-state index is 13.1. The SMILES string of the molecule is O=C(c1ccc(F)cc1)N1CCN(c2ncnc3sc4c(c23)CCCCC4)CC1. The second kappa shape index (κ2) is 7.71. The van der Waals surface area contributed by atoms with Gasteiger partial charge in [-0.2, -0.15) is 0 Å². The molecule has 3 aromatic rings. The summed E-state index contributed by atoms with van der Waals surface area (Å²) < 4.78 is 13.1. The highest BCUT2D eigenvalue weighted by Crippen LogP contribution is 2.38. The number of aromatic nitrogens is 2. The van der Waals surface area contributed by atoms with Crippen LogP contribution >= 0.6 is 11.3 Å². The number of carbonyl (C=O) groups excluding carboxylic acids is 1. The Morgan fingerprint density at radius 3 is 2.52 bits per heavy atom. The number of carbonyl (C=O) groups is 1. The van der Waals surface area contributed by atoms with Crippen molar-refractivity contribution in [3.05, 3.63) is 52.4 Å². The number of thiophene rings is 1. The van der Waals surface area contributed by atoms with E-state index < -0.39 is 0 Å². The first kappa shape index (κ1) is 18.5. The van der Waals surface area contributed by atoms with Gasteiger partial charge in [-0.25, -0.2) is 14.4 Å². The Hall–Kier alpha value is -2.54. The smallest absolute Gasteiger partial charge is 0.253 e. The van der Waals surface area contributed by atoms with Gasteiger partial charge >= 0.3 is 0 Å². The molecule has 0 saturated carbocycles. The van der Waals surface area contributed by atoms with Crippen LogP contribution in [0.2, 0.25) is 0 Å². The summed E-state index contributed by atoms with van der Waals surface area (Å²) in [6, 6.07) is 5.78. The van der Waals surface area contributed by atoms with E-state index in [1.54, 1.807) is 18.5 Å². The van der Waals surface area contributed by atoms with E-state index in [4.69, 9.17) is 0 Å². The van der Waals surface area contributed by atoms with Crippen LogP contribution in [0.5, 0.6) is 0 Å². The number of amides is 1. The normalized spacial score (nSPS) is 17.3. The van der Waals surface area contributed by atoms with E-state index in [-0.39, 0.29) is 11.7 Å². The minimum absolute atomic E-state index is 0.0399. The Labute approximate surface area is 173 Å². The number of aryl methyl sites for hydroxylation is 2. The largest absolute Gasteiger partial charge is 0.352 e. The maximum Gasteiger partial charge on any atom is 0.253 e. The maximum absolute atomic E-state index is 13.1. The number of piperazine rings is 1. The van der Waals surface area contributed by atoms with Crippen LogP contribution in [0.15, 0.2) is 30.6 Å². The van der Waals surface area contributed by atoms with E-state index in [9.17, 15) is 9.18 Å². The minimum Gasteiger partial charge on any atom is -0.352 e. The number of nitrogens with zero attached hydrogens (tertiary/aromatic N) is 4. The number of hydrogen-bond donors (Lipinski definition) is 0. The van der Waals surface area contributed by atoms with Gasteiger partial charge in [0.2, 0.25) is 0 Å². The highest BCUT2D eigenvalue weighted by molar-refractivity contribution is 7.18. The Bertz CT molecular complexity index is 1040. The van der Waals surface area contributed by atoms with Crippen LogP contribution < -0.4 is 4.90 Å². The Balaban J connectivity index is 1.37. The molecule has 0 atom stereocenters. The van der Waals surface area contributed by atoms with Gasteiger partial charge in [0.1, 0.15) is 22.8 Å². The zero-order valence-corrected chi connectivity index (χ0v) is 17.1. The fraction of sp³-hybridized carbons (Fsp3) is 0.409. The molecule has 0 radical (unpaired) electrons. The molecule has 0 unspecified atom stereocenters. The van der Waals surface area contributed by atoms with Crippen molar-refractivity contribution in [1.29, 1.82) is 0 Å². The van der Waals surface area contributed by atoms with Gasteiger partial charge in [0.25, 0.3) is 5.91 Å². The van der Waals surface area contributed by atoms with Gasteiger partial charge in [-0.15, -0.1) is 11.3 Å². The predicted octanol–water partition coefficient (Wildman–Crippen LogP) is 4.06. The first-order chi connectivity index (χ1) is 14.2. The topological polar surface area (TPSA) is 49.3 Å². The van der Waals surface area contributed by atoms with Crippen LogP contribution in [0.25, 0.3) is 10.2 Å². The van der Waals surface area contributed by atoms with E-state index in [0.717, 1.165) is 36.6 Å². The summed E-state index contributed by atoms with van der Waals surface area (Å²) in [7, 11) is 0. The molecule has 150 valence electrons. The molecule has 0 bridgehead atoms. The second-order valence-corrected chi connectivity index (χ2v) is 8.81. The quantitative estimate of drug-likeness (QED) is 0.598. The van der Waals surface area contributed by atoms with Crippen molar-refractivity contribution in [1.82, 2.24) is 14.9 Å². The zero-order chi connectivity index (χ0) is 19.8. The highest BCUT2D eigenvalue weighted by atomic mass is 32.1. The lowest BCUT2D eigenvalue weighted by Crippen LogP contribution is -2.49. The van der Waals surface area contributed by atoms with Crippen LogP contribution in [0.3, 0.4) is 0 Å². The van der Waals surface area contributed by atoms with E-state index in [1.807, 2.05) is 16.2 Å². The van der Waals surface area contributed by atoms with E-state index in [2.05, 4.69) is 14.9 Å². The summed E-state index contributed by atoms with van der Waals surface area (Å²) in [5.74, 6) is 0.652. The zero-order valence-electron chi connectivity index (χ0n) is 16.2. The lowest BCUT2D eigenvalue weighted by Gasteiger charge is -2.35. The molecule has 7 heteroatoms. The lowest BCUT2D eigenvalue weighted by atomic mass is 10.1. The van der Waals surface area contributed by atoms with E-state index in [1.165, 1.54) is 47.2 Å². The van der Waals surface area contributed by atoms with Crippen LogP contribution in [-0.2, 0) is 12.8 Å². The van der Waals surface area contributed by atoms with Crippen LogP contribution in [-0.4, -0.2) is 47.0 Å². The molecule has 1 aliphatic carbocycles. The van der Waals surface area contributed by atoms with Crippen LogP contribution in [0.4, 0.5) is 10.2 Å². The van der Waals surface area contributed by atoms with Gasteiger partial charge in [0, 0.05) is 36.6 Å². The minimum atomic E-state index is -0.325. The van der Waals surface area contributed by atoms with E-state index in [0.29, 0.717) is 18.7 Å². The third-order valence-electron chi connectivity index (χ3n) is 5.94. The molecule has 2 aromatic heterocycles. The number of fused-ring (bicyclic) bond motifs is 3. The molecule has 1 amide bonds. The molecular weight excluding hydrogens is 387 g/mol. The van der Waals surface area contributed by atoms with Crippen molar-refractivity contribution < 1.29 is 9.18 Å². The standard InChI is InChI=1S/C22H23FN4OS/c23-16-8-6-15(7-9-16)22(28)27-12-10-26(11-13-27)20-19-17-4-2-1-3-5-18(17)29-21(19)25-14-24-20/h6-9,14H,1-5,10-13H2. The molecule has 5 rings (SSSR count). The van der Waals surface area contributed by atoms with Crippen molar-refractivity contribution in [2.24, 2.45) is 0 Å². The first-order valence-electron chi connectivity index (χ1n) is 10.3. The summed E-state index contributed by atoms with van der Waals surface area (Å²) >= 11 is 1.82. The average molecular weight is 411 g/mol.